The molecular weight excluding hydrogens is 290 g/mol. The Balaban J connectivity index is 2.75. The van der Waals surface area contributed by atoms with Crippen LogP contribution in [0.15, 0.2) is 27.6 Å². The zero-order valence-corrected chi connectivity index (χ0v) is 11.3. The van der Waals surface area contributed by atoms with Gasteiger partial charge in [-0.1, -0.05) is 0 Å². The summed E-state index contributed by atoms with van der Waals surface area (Å²) in [7, 11) is -3.33. The van der Waals surface area contributed by atoms with Crippen LogP contribution < -0.4 is 10.9 Å². The zero-order valence-electron chi connectivity index (χ0n) is 10.5. The van der Waals surface area contributed by atoms with Gasteiger partial charge in [-0.2, -0.15) is 0 Å². The molecule has 0 saturated carbocycles. The number of carbonyl (C=O) groups is 2. The van der Waals surface area contributed by atoms with Gasteiger partial charge in [-0.15, -0.1) is 0 Å². The van der Waals surface area contributed by atoms with Gasteiger partial charge < -0.3 is 14.8 Å². The molecule has 1 rings (SSSR count). The van der Waals surface area contributed by atoms with E-state index < -0.39 is 33.4 Å². The first-order valence-corrected chi connectivity index (χ1v) is 7.55. The molecule has 1 atom stereocenters. The third-order valence-electron chi connectivity index (χ3n) is 2.34. The molecule has 1 heterocycles. The molecule has 1 aromatic rings. The maximum absolute atomic E-state index is 11.7. The molecule has 0 radical (unpaired) electrons. The van der Waals surface area contributed by atoms with Gasteiger partial charge in [0.2, 0.25) is 0 Å². The maximum atomic E-state index is 11.7. The maximum Gasteiger partial charge on any atom is 0.335 e. The van der Waals surface area contributed by atoms with E-state index in [1.165, 1.54) is 6.07 Å². The molecule has 1 amide bonds. The first-order chi connectivity index (χ1) is 9.19. The quantitative estimate of drug-likeness (QED) is 0.707. The largest absolute Gasteiger partial charge is 0.480 e. The van der Waals surface area contributed by atoms with Crippen molar-refractivity contribution in [2.75, 3.05) is 12.0 Å². The van der Waals surface area contributed by atoms with E-state index >= 15 is 0 Å². The number of aliphatic carboxylic acids is 1. The predicted molar refractivity (Wildman–Crippen MR) is 68.2 cm³/mol. The Kier molecular flexibility index (Phi) is 5.03. The molecule has 8 nitrogen and oxygen atoms in total. The van der Waals surface area contributed by atoms with E-state index in [0.717, 1.165) is 18.6 Å². The van der Waals surface area contributed by atoms with Crippen LogP contribution in [0.25, 0.3) is 0 Å². The highest BCUT2D eigenvalue weighted by atomic mass is 32.2. The van der Waals surface area contributed by atoms with Gasteiger partial charge in [-0.3, -0.25) is 4.79 Å². The number of hydrogen-bond donors (Lipinski definition) is 2. The van der Waals surface area contributed by atoms with Crippen molar-refractivity contribution < 1.29 is 27.5 Å². The predicted octanol–water partition coefficient (Wildman–Crippen LogP) is -0.742. The van der Waals surface area contributed by atoms with Crippen molar-refractivity contribution in [1.82, 2.24) is 5.32 Å². The van der Waals surface area contributed by atoms with Crippen LogP contribution in [0, 0.1) is 0 Å². The summed E-state index contributed by atoms with van der Waals surface area (Å²) >= 11 is 0. The minimum Gasteiger partial charge on any atom is -0.480 e. The second kappa shape index (κ2) is 6.33. The summed E-state index contributed by atoms with van der Waals surface area (Å²) in [4.78, 5) is 33.4. The molecule has 0 bridgehead atoms. The molecule has 0 spiro atoms. The fraction of sp³-hybridized carbons (Fsp3) is 0.364. The minimum absolute atomic E-state index is 0.0322. The Labute approximate surface area is 114 Å². The number of rotatable bonds is 6. The Morgan fingerprint density at radius 2 is 2.05 bits per heavy atom. The van der Waals surface area contributed by atoms with E-state index in [2.05, 4.69) is 9.73 Å². The number of amides is 1. The van der Waals surface area contributed by atoms with Crippen LogP contribution in [-0.4, -0.2) is 43.5 Å². The highest BCUT2D eigenvalue weighted by Gasteiger charge is 2.22. The highest BCUT2D eigenvalue weighted by molar-refractivity contribution is 7.90. The standard InChI is InChI=1S/C11H13NO7S/c1-20(17,18)5-4-8(11(15)16)12-10(14)7-2-3-9(13)19-6-7/h2-3,6,8H,4-5H2,1H3,(H,12,14)(H,15,16). The van der Waals surface area contributed by atoms with Crippen molar-refractivity contribution in [1.29, 1.82) is 0 Å². The van der Waals surface area contributed by atoms with Gasteiger partial charge in [-0.05, 0) is 12.5 Å². The Morgan fingerprint density at radius 3 is 2.50 bits per heavy atom. The molecule has 0 aliphatic heterocycles. The lowest BCUT2D eigenvalue weighted by atomic mass is 10.2. The number of hydrogen-bond acceptors (Lipinski definition) is 6. The van der Waals surface area contributed by atoms with Crippen molar-refractivity contribution in [3.63, 3.8) is 0 Å². The normalized spacial score (nSPS) is 12.7. The number of sulfone groups is 1. The minimum atomic E-state index is -3.33. The summed E-state index contributed by atoms with van der Waals surface area (Å²) in [6.45, 7) is 0. The molecule has 0 aliphatic carbocycles. The lowest BCUT2D eigenvalue weighted by molar-refractivity contribution is -0.139. The van der Waals surface area contributed by atoms with E-state index in [0.29, 0.717) is 0 Å². The van der Waals surface area contributed by atoms with Crippen molar-refractivity contribution in [3.8, 4) is 0 Å². The second-order valence-electron chi connectivity index (χ2n) is 4.13. The van der Waals surface area contributed by atoms with Crippen LogP contribution in [0.3, 0.4) is 0 Å². The Hall–Kier alpha value is -2.16. The average molecular weight is 303 g/mol. The Morgan fingerprint density at radius 1 is 1.40 bits per heavy atom. The van der Waals surface area contributed by atoms with Crippen LogP contribution >= 0.6 is 0 Å². The molecule has 9 heteroatoms. The topological polar surface area (TPSA) is 131 Å². The molecule has 0 aromatic carbocycles. The van der Waals surface area contributed by atoms with Crippen molar-refractivity contribution in [2.45, 2.75) is 12.5 Å². The van der Waals surface area contributed by atoms with Crippen LogP contribution in [0.4, 0.5) is 0 Å². The van der Waals surface area contributed by atoms with Crippen LogP contribution in [-0.2, 0) is 14.6 Å². The SMILES string of the molecule is CS(=O)(=O)CCC(NC(=O)c1ccc(=O)oc1)C(=O)O. The lowest BCUT2D eigenvalue weighted by Gasteiger charge is -2.13. The van der Waals surface area contributed by atoms with Gasteiger partial charge in [0.1, 0.15) is 22.1 Å². The summed E-state index contributed by atoms with van der Waals surface area (Å²) in [6.07, 6.45) is 1.61. The summed E-state index contributed by atoms with van der Waals surface area (Å²) in [5.74, 6) is -2.48. The average Bonchev–Trinajstić information content (AvgIpc) is 2.33. The molecular formula is C11H13NO7S. The van der Waals surface area contributed by atoms with E-state index in [4.69, 9.17) is 5.11 Å². The van der Waals surface area contributed by atoms with Gasteiger partial charge >= 0.3 is 11.6 Å². The van der Waals surface area contributed by atoms with Crippen LogP contribution in [0.5, 0.6) is 0 Å². The van der Waals surface area contributed by atoms with E-state index in [9.17, 15) is 22.8 Å². The molecule has 2 N–H and O–H groups in total. The van der Waals surface area contributed by atoms with Gasteiger partial charge in [0.25, 0.3) is 5.91 Å². The van der Waals surface area contributed by atoms with Gasteiger partial charge in [-0.25, -0.2) is 18.0 Å². The van der Waals surface area contributed by atoms with Crippen LogP contribution in [0.2, 0.25) is 0 Å². The monoisotopic (exact) mass is 303 g/mol. The van der Waals surface area contributed by atoms with E-state index in [1.807, 2.05) is 0 Å². The smallest absolute Gasteiger partial charge is 0.335 e. The van der Waals surface area contributed by atoms with Crippen LogP contribution in [0.1, 0.15) is 16.8 Å². The molecule has 110 valence electrons. The number of carboxylic acid groups (broad SMARTS) is 1. The molecule has 1 aromatic heterocycles. The lowest BCUT2D eigenvalue weighted by Crippen LogP contribution is -2.41. The number of carbonyl (C=O) groups excluding carboxylic acids is 1. The number of carboxylic acids is 1. The van der Waals surface area contributed by atoms with Crippen molar-refractivity contribution in [3.05, 3.63) is 34.4 Å². The molecule has 0 aliphatic rings. The van der Waals surface area contributed by atoms with Crippen molar-refractivity contribution in [2.24, 2.45) is 0 Å². The summed E-state index contributed by atoms with van der Waals surface area (Å²) in [6, 6.07) is 0.849. The van der Waals surface area contributed by atoms with E-state index in [-0.39, 0.29) is 17.7 Å². The third-order valence-corrected chi connectivity index (χ3v) is 3.32. The summed E-state index contributed by atoms with van der Waals surface area (Å²) in [5, 5.41) is 11.1. The van der Waals surface area contributed by atoms with Gasteiger partial charge in [0.05, 0.1) is 11.3 Å². The Bertz CT molecular complexity index is 641. The van der Waals surface area contributed by atoms with Crippen molar-refractivity contribution >= 4 is 21.7 Å². The second-order valence-corrected chi connectivity index (χ2v) is 6.39. The van der Waals surface area contributed by atoms with Gasteiger partial charge in [0, 0.05) is 12.3 Å². The molecule has 20 heavy (non-hydrogen) atoms. The fourth-order valence-electron chi connectivity index (χ4n) is 1.32. The number of nitrogens with one attached hydrogen (secondary N) is 1. The first-order valence-electron chi connectivity index (χ1n) is 5.49. The van der Waals surface area contributed by atoms with Gasteiger partial charge in [0.15, 0.2) is 0 Å². The fourth-order valence-corrected chi connectivity index (χ4v) is 1.98. The summed E-state index contributed by atoms with van der Waals surface area (Å²) in [5.41, 5.74) is -0.677. The van der Waals surface area contributed by atoms with E-state index in [1.54, 1.807) is 0 Å². The molecule has 1 unspecified atom stereocenters. The molecule has 0 fully saturated rings. The zero-order chi connectivity index (χ0) is 15.3. The first kappa shape index (κ1) is 15.9. The summed E-state index contributed by atoms with van der Waals surface area (Å²) < 4.78 is 26.5. The highest BCUT2D eigenvalue weighted by Crippen LogP contribution is 2.01. The molecule has 0 saturated heterocycles. The third kappa shape index (κ3) is 5.22.